The highest BCUT2D eigenvalue weighted by Crippen LogP contribution is 2.35. The fourth-order valence-electron chi connectivity index (χ4n) is 3.94. The van der Waals surface area contributed by atoms with Gasteiger partial charge in [-0.15, -0.1) is 11.8 Å². The van der Waals surface area contributed by atoms with Crippen LogP contribution < -0.4 is 20.9 Å². The second-order valence-corrected chi connectivity index (χ2v) is 9.03. The number of para-hydroxylation sites is 1. The third kappa shape index (κ3) is 5.11. The van der Waals surface area contributed by atoms with E-state index >= 15 is 0 Å². The Labute approximate surface area is 196 Å². The first-order valence-corrected chi connectivity index (χ1v) is 12.0. The number of carbonyl (C=O) groups is 2. The van der Waals surface area contributed by atoms with Gasteiger partial charge in [0.25, 0.3) is 0 Å². The highest BCUT2D eigenvalue weighted by molar-refractivity contribution is 8.00. The number of pyridine rings is 1. The highest BCUT2D eigenvalue weighted by atomic mass is 32.2. The van der Waals surface area contributed by atoms with Crippen LogP contribution in [0, 0.1) is 0 Å². The summed E-state index contributed by atoms with van der Waals surface area (Å²) in [6, 6.07) is 17.9. The summed E-state index contributed by atoms with van der Waals surface area (Å²) in [7, 11) is 0. The normalized spacial score (nSPS) is 17.7. The number of aromatic nitrogens is 1. The lowest BCUT2D eigenvalue weighted by atomic mass is 10.2. The minimum Gasteiger partial charge on any atom is -0.443 e. The maximum atomic E-state index is 12.4. The van der Waals surface area contributed by atoms with E-state index in [1.807, 2.05) is 42.5 Å². The van der Waals surface area contributed by atoms with Gasteiger partial charge in [0.2, 0.25) is 5.91 Å². The van der Waals surface area contributed by atoms with Crippen LogP contribution in [-0.2, 0) is 16.1 Å². The molecule has 2 aromatic carbocycles. The van der Waals surface area contributed by atoms with Gasteiger partial charge in [0.1, 0.15) is 6.10 Å². The van der Waals surface area contributed by atoms with Gasteiger partial charge in [-0.25, -0.2) is 4.79 Å². The topological polar surface area (TPSA) is 95.6 Å². The quantitative estimate of drug-likeness (QED) is 0.442. The Morgan fingerprint density at radius 2 is 1.97 bits per heavy atom. The summed E-state index contributed by atoms with van der Waals surface area (Å²) in [5, 5.41) is 10.7. The molecule has 0 saturated carbocycles. The van der Waals surface area contributed by atoms with E-state index in [2.05, 4.69) is 33.1 Å². The molecule has 1 aromatic heterocycles. The van der Waals surface area contributed by atoms with E-state index in [0.29, 0.717) is 25.4 Å². The lowest BCUT2D eigenvalue weighted by Crippen LogP contribution is -2.34. The number of cyclic esters (lactones) is 1. The number of ether oxygens (including phenoxy) is 1. The first-order valence-electron chi connectivity index (χ1n) is 11.0. The summed E-state index contributed by atoms with van der Waals surface area (Å²) in [6.07, 6.45) is -0.586. The zero-order valence-electron chi connectivity index (χ0n) is 18.0. The Morgan fingerprint density at radius 1 is 1.09 bits per heavy atom. The molecule has 0 unspecified atom stereocenters. The van der Waals surface area contributed by atoms with Crippen molar-refractivity contribution < 1.29 is 14.3 Å². The van der Waals surface area contributed by atoms with Crippen molar-refractivity contribution in [1.29, 1.82) is 0 Å². The van der Waals surface area contributed by atoms with Gasteiger partial charge < -0.3 is 20.7 Å². The summed E-state index contributed by atoms with van der Waals surface area (Å²) in [4.78, 5) is 31.3. The van der Waals surface area contributed by atoms with Gasteiger partial charge in [0.15, 0.2) is 0 Å². The van der Waals surface area contributed by atoms with Crippen LogP contribution in [0.3, 0.4) is 0 Å². The van der Waals surface area contributed by atoms with Crippen molar-refractivity contribution in [2.75, 3.05) is 42.1 Å². The number of anilines is 2. The number of rotatable bonds is 8. The van der Waals surface area contributed by atoms with E-state index in [4.69, 9.17) is 4.74 Å². The maximum absolute atomic E-state index is 12.4. The van der Waals surface area contributed by atoms with E-state index in [-0.39, 0.29) is 18.1 Å². The van der Waals surface area contributed by atoms with E-state index in [1.165, 1.54) is 11.8 Å². The first kappa shape index (κ1) is 21.7. The predicted octanol–water partition coefficient (Wildman–Crippen LogP) is 2.98. The number of amides is 2. The molecule has 9 heteroatoms. The molecule has 3 heterocycles. The summed E-state index contributed by atoms with van der Waals surface area (Å²) in [6.45, 7) is 3.28. The molecule has 1 fully saturated rings. The zero-order chi connectivity index (χ0) is 22.6. The first-order chi connectivity index (χ1) is 16.2. The van der Waals surface area contributed by atoms with Crippen molar-refractivity contribution in [2.45, 2.75) is 17.5 Å². The van der Waals surface area contributed by atoms with Crippen molar-refractivity contribution in [3.8, 4) is 0 Å². The van der Waals surface area contributed by atoms with Gasteiger partial charge in [0, 0.05) is 42.1 Å². The number of nitrogens with one attached hydrogen (secondary N) is 3. The number of fused-ring (bicyclic) bond motifs is 2. The lowest BCUT2D eigenvalue weighted by Gasteiger charge is -2.20. The maximum Gasteiger partial charge on any atom is 0.414 e. The van der Waals surface area contributed by atoms with Crippen LogP contribution >= 0.6 is 11.8 Å². The van der Waals surface area contributed by atoms with Gasteiger partial charge in [-0.2, -0.15) is 0 Å². The molecule has 5 rings (SSSR count). The molecule has 0 spiro atoms. The highest BCUT2D eigenvalue weighted by Gasteiger charge is 2.32. The molecule has 0 radical (unpaired) electrons. The molecule has 2 aliphatic heterocycles. The Balaban J connectivity index is 1.05. The second kappa shape index (κ2) is 9.78. The minimum atomic E-state index is -0.364. The molecular formula is C24H25N5O3S. The van der Waals surface area contributed by atoms with Crippen molar-refractivity contribution in [3.05, 3.63) is 60.3 Å². The number of hydrogen-bond donors (Lipinski definition) is 3. The minimum absolute atomic E-state index is 0.0271. The average molecular weight is 464 g/mol. The van der Waals surface area contributed by atoms with Crippen molar-refractivity contribution >= 4 is 46.0 Å². The van der Waals surface area contributed by atoms with Crippen LogP contribution in [0.25, 0.3) is 10.9 Å². The molecular weight excluding hydrogens is 438 g/mol. The predicted molar refractivity (Wildman–Crippen MR) is 130 cm³/mol. The number of nitrogens with zero attached hydrogens (tertiary/aromatic N) is 2. The van der Waals surface area contributed by atoms with Crippen LogP contribution in [-0.4, -0.2) is 55.0 Å². The molecule has 2 aliphatic rings. The van der Waals surface area contributed by atoms with Crippen molar-refractivity contribution in [3.63, 3.8) is 0 Å². The molecule has 0 bridgehead atoms. The molecule has 8 nitrogen and oxygen atoms in total. The summed E-state index contributed by atoms with van der Waals surface area (Å²) < 4.78 is 5.51. The van der Waals surface area contributed by atoms with Crippen LogP contribution in [0.4, 0.5) is 16.2 Å². The monoisotopic (exact) mass is 463 g/mol. The molecule has 170 valence electrons. The van der Waals surface area contributed by atoms with Gasteiger partial charge in [0.05, 0.1) is 29.2 Å². The van der Waals surface area contributed by atoms with E-state index < -0.39 is 0 Å². The van der Waals surface area contributed by atoms with Crippen LogP contribution in [0.15, 0.2) is 59.5 Å². The zero-order valence-corrected chi connectivity index (χ0v) is 18.9. The Morgan fingerprint density at radius 3 is 2.91 bits per heavy atom. The summed E-state index contributed by atoms with van der Waals surface area (Å²) in [5.41, 5.74) is 3.49. The Hall–Kier alpha value is -3.14. The summed E-state index contributed by atoms with van der Waals surface area (Å²) in [5.74, 6) is 0.389. The number of hydrogen-bond acceptors (Lipinski definition) is 7. The number of carbonyl (C=O) groups excluding carboxylic acids is 2. The SMILES string of the molecule is O=C1CSc2ccc(N3C[C@@H](CNCCNCc4ccc5ccccc5n4)OC3=O)cc2N1. The van der Waals surface area contributed by atoms with Gasteiger partial charge in [-0.3, -0.25) is 14.7 Å². The molecule has 1 atom stereocenters. The Kier molecular flexibility index (Phi) is 6.43. The van der Waals surface area contributed by atoms with Gasteiger partial charge in [-0.1, -0.05) is 24.3 Å². The molecule has 0 aliphatic carbocycles. The molecule has 3 N–H and O–H groups in total. The average Bonchev–Trinajstić information content (AvgIpc) is 3.21. The van der Waals surface area contributed by atoms with Crippen LogP contribution in [0.5, 0.6) is 0 Å². The second-order valence-electron chi connectivity index (χ2n) is 8.01. The number of benzene rings is 2. The third-order valence-corrected chi connectivity index (χ3v) is 6.67. The Bertz CT molecular complexity index is 1190. The molecule has 33 heavy (non-hydrogen) atoms. The van der Waals surface area contributed by atoms with E-state index in [9.17, 15) is 9.59 Å². The standard InChI is InChI=1S/C24H25N5O3S/c30-23-15-33-22-8-7-18(11-21(22)28-23)29-14-19(32-24(29)31)13-26-10-9-25-12-17-6-5-16-3-1-2-4-20(16)27-17/h1-8,11,19,25-26H,9-10,12-15H2,(H,28,30)/t19-/m1/s1. The fraction of sp³-hybridized carbons (Fsp3) is 0.292. The van der Waals surface area contributed by atoms with E-state index in [0.717, 1.165) is 46.0 Å². The van der Waals surface area contributed by atoms with Crippen molar-refractivity contribution in [1.82, 2.24) is 15.6 Å². The number of thioether (sulfide) groups is 1. The molecule has 3 aromatic rings. The van der Waals surface area contributed by atoms with Gasteiger partial charge >= 0.3 is 6.09 Å². The van der Waals surface area contributed by atoms with Crippen LogP contribution in [0.2, 0.25) is 0 Å². The van der Waals surface area contributed by atoms with Crippen LogP contribution in [0.1, 0.15) is 5.69 Å². The molecule has 1 saturated heterocycles. The van der Waals surface area contributed by atoms with E-state index in [1.54, 1.807) is 4.90 Å². The third-order valence-electron chi connectivity index (χ3n) is 5.59. The van der Waals surface area contributed by atoms with Crippen molar-refractivity contribution in [2.24, 2.45) is 0 Å². The van der Waals surface area contributed by atoms with Gasteiger partial charge in [-0.05, 0) is 30.3 Å². The lowest BCUT2D eigenvalue weighted by molar-refractivity contribution is -0.113. The largest absolute Gasteiger partial charge is 0.443 e. The smallest absolute Gasteiger partial charge is 0.414 e. The molecule has 2 amide bonds. The fourth-order valence-corrected chi connectivity index (χ4v) is 4.73. The summed E-state index contributed by atoms with van der Waals surface area (Å²) >= 11 is 1.50.